The number of pyridine rings is 1. The SMILES string of the molecule is Cc1[nH]c(=O)c(Nc2cc3n(n2)CCN(C2COC2)C3)cc1-c1cc(F)cc(N2CCn3c(cc4c3CC(C)(C)C4)C2=O)c1CO. The highest BCUT2D eigenvalue weighted by molar-refractivity contribution is 6.07. The fourth-order valence-electron chi connectivity index (χ4n) is 7.64. The molecular formula is C34H38FN7O4. The van der Waals surface area contributed by atoms with Crippen LogP contribution in [0.1, 0.15) is 52.5 Å². The number of nitrogens with one attached hydrogen (secondary N) is 2. The van der Waals surface area contributed by atoms with E-state index >= 15 is 4.39 Å². The highest BCUT2D eigenvalue weighted by Crippen LogP contribution is 2.41. The van der Waals surface area contributed by atoms with Crippen molar-refractivity contribution in [3.05, 3.63) is 80.4 Å². The van der Waals surface area contributed by atoms with Gasteiger partial charge in [0.15, 0.2) is 5.82 Å². The van der Waals surface area contributed by atoms with Gasteiger partial charge < -0.3 is 29.6 Å². The Balaban J connectivity index is 1.12. The van der Waals surface area contributed by atoms with Crippen molar-refractivity contribution in [2.45, 2.75) is 65.9 Å². The van der Waals surface area contributed by atoms with Gasteiger partial charge in [0.2, 0.25) is 0 Å². The van der Waals surface area contributed by atoms with Crippen LogP contribution in [0.2, 0.25) is 0 Å². The number of aliphatic hydroxyl groups excluding tert-OH is 1. The van der Waals surface area contributed by atoms with Crippen molar-refractivity contribution in [1.82, 2.24) is 24.2 Å². The number of fused-ring (bicyclic) bond motifs is 4. The first-order valence-corrected chi connectivity index (χ1v) is 15.9. The summed E-state index contributed by atoms with van der Waals surface area (Å²) in [7, 11) is 0. The number of aliphatic hydroxyl groups is 1. The van der Waals surface area contributed by atoms with Crippen LogP contribution in [-0.4, -0.2) is 67.6 Å². The van der Waals surface area contributed by atoms with E-state index in [2.05, 4.69) is 38.7 Å². The number of carbonyl (C=O) groups is 1. The summed E-state index contributed by atoms with van der Waals surface area (Å²) in [5, 5.41) is 18.5. The van der Waals surface area contributed by atoms with Crippen LogP contribution >= 0.6 is 0 Å². The van der Waals surface area contributed by atoms with Crippen LogP contribution in [0.25, 0.3) is 11.1 Å². The molecule has 6 heterocycles. The van der Waals surface area contributed by atoms with Crippen LogP contribution in [0.4, 0.5) is 21.6 Å². The summed E-state index contributed by atoms with van der Waals surface area (Å²) >= 11 is 0. The fourth-order valence-corrected chi connectivity index (χ4v) is 7.64. The first-order chi connectivity index (χ1) is 22.1. The maximum Gasteiger partial charge on any atom is 0.274 e. The zero-order chi connectivity index (χ0) is 31.9. The van der Waals surface area contributed by atoms with Gasteiger partial charge in [0.05, 0.1) is 43.8 Å². The third-order valence-corrected chi connectivity index (χ3v) is 10.0. The Morgan fingerprint density at radius 1 is 1.07 bits per heavy atom. The van der Waals surface area contributed by atoms with Crippen LogP contribution in [0.3, 0.4) is 0 Å². The third-order valence-electron chi connectivity index (χ3n) is 10.0. The quantitative estimate of drug-likeness (QED) is 0.298. The second-order valence-corrected chi connectivity index (χ2v) is 13.8. The summed E-state index contributed by atoms with van der Waals surface area (Å²) in [4.78, 5) is 33.8. The van der Waals surface area contributed by atoms with E-state index in [1.807, 2.05) is 16.8 Å². The second-order valence-electron chi connectivity index (χ2n) is 13.8. The number of amides is 1. The minimum absolute atomic E-state index is 0.167. The number of carbonyl (C=O) groups excluding carboxylic acids is 1. The molecule has 3 aliphatic heterocycles. The van der Waals surface area contributed by atoms with Crippen molar-refractivity contribution < 1.29 is 19.0 Å². The van der Waals surface area contributed by atoms with Gasteiger partial charge >= 0.3 is 0 Å². The van der Waals surface area contributed by atoms with Gasteiger partial charge in [-0.25, -0.2) is 4.39 Å². The summed E-state index contributed by atoms with van der Waals surface area (Å²) in [6.07, 6.45) is 1.83. The maximum absolute atomic E-state index is 15.4. The standard InChI is InChI=1S/C34H38FN7O4/c1-19-24(12-27(32(44)36-19)37-31-11-22-15-39(23-17-46-18-23)4-7-42(22)38-31)25-9-21(35)10-28(26(25)16-43)41-6-5-40-29(33(41)45)8-20-13-34(2,3)14-30(20)40/h8-12,23,43H,4-7,13-18H2,1-3H3,(H,36,44)(H,37,38). The lowest BCUT2D eigenvalue weighted by Crippen LogP contribution is -2.51. The molecule has 4 aliphatic rings. The number of H-pyrrole nitrogens is 1. The van der Waals surface area contributed by atoms with Crippen LogP contribution in [0.5, 0.6) is 0 Å². The summed E-state index contributed by atoms with van der Waals surface area (Å²) in [5.74, 6) is -0.206. The lowest BCUT2D eigenvalue weighted by molar-refractivity contribution is -0.0735. The number of benzene rings is 1. The fraction of sp³-hybridized carbons (Fsp3) is 0.441. The molecule has 240 valence electrons. The molecule has 1 aliphatic carbocycles. The van der Waals surface area contributed by atoms with E-state index in [0.717, 1.165) is 51.4 Å². The molecule has 1 saturated heterocycles. The Hall–Kier alpha value is -4.26. The summed E-state index contributed by atoms with van der Waals surface area (Å²) in [5.41, 5.74) is 6.35. The van der Waals surface area contributed by atoms with E-state index in [-0.39, 0.29) is 22.6 Å². The molecule has 0 radical (unpaired) electrons. The maximum atomic E-state index is 15.4. The Bertz CT molecular complexity index is 1950. The predicted octanol–water partition coefficient (Wildman–Crippen LogP) is 3.72. The van der Waals surface area contributed by atoms with E-state index in [9.17, 15) is 14.7 Å². The lowest BCUT2D eigenvalue weighted by atomic mass is 9.90. The summed E-state index contributed by atoms with van der Waals surface area (Å²) < 4.78 is 24.8. The van der Waals surface area contributed by atoms with Gasteiger partial charge in [0.25, 0.3) is 11.5 Å². The molecule has 3 N–H and O–H groups in total. The number of halogens is 1. The smallest absolute Gasteiger partial charge is 0.274 e. The molecule has 12 heteroatoms. The number of anilines is 3. The molecule has 0 atom stereocenters. The number of aryl methyl sites for hydroxylation is 1. The number of hydrogen-bond acceptors (Lipinski definition) is 7. The van der Waals surface area contributed by atoms with Gasteiger partial charge in [-0.15, -0.1) is 0 Å². The molecule has 0 bridgehead atoms. The third kappa shape index (κ3) is 4.78. The van der Waals surface area contributed by atoms with E-state index in [1.54, 1.807) is 17.9 Å². The number of hydrogen-bond donors (Lipinski definition) is 3. The Kier molecular flexibility index (Phi) is 6.75. The minimum Gasteiger partial charge on any atom is -0.392 e. The van der Waals surface area contributed by atoms with Crippen molar-refractivity contribution in [3.8, 4) is 11.1 Å². The van der Waals surface area contributed by atoms with Gasteiger partial charge in [0.1, 0.15) is 17.2 Å². The van der Waals surface area contributed by atoms with Crippen molar-refractivity contribution in [2.24, 2.45) is 5.41 Å². The summed E-state index contributed by atoms with van der Waals surface area (Å²) in [6, 6.07) is 8.68. The van der Waals surface area contributed by atoms with E-state index < -0.39 is 12.4 Å². The number of ether oxygens (including phenoxy) is 1. The molecule has 4 aromatic rings. The zero-order valence-corrected chi connectivity index (χ0v) is 26.3. The van der Waals surface area contributed by atoms with E-state index in [1.165, 1.54) is 23.4 Å². The van der Waals surface area contributed by atoms with Crippen molar-refractivity contribution in [1.29, 1.82) is 0 Å². The summed E-state index contributed by atoms with van der Waals surface area (Å²) in [6.45, 7) is 10.6. The zero-order valence-electron chi connectivity index (χ0n) is 26.3. The Morgan fingerprint density at radius 2 is 1.89 bits per heavy atom. The van der Waals surface area contributed by atoms with Gasteiger partial charge in [-0.1, -0.05) is 13.8 Å². The van der Waals surface area contributed by atoms with Crippen molar-refractivity contribution in [2.75, 3.05) is 36.5 Å². The average molecular weight is 628 g/mol. The second kappa shape index (κ2) is 10.6. The van der Waals surface area contributed by atoms with Gasteiger partial charge in [0, 0.05) is 54.8 Å². The largest absolute Gasteiger partial charge is 0.392 e. The number of aromatic amines is 1. The Morgan fingerprint density at radius 3 is 2.65 bits per heavy atom. The van der Waals surface area contributed by atoms with Gasteiger partial charge in [-0.3, -0.25) is 19.2 Å². The van der Waals surface area contributed by atoms with Crippen LogP contribution in [-0.2, 0) is 43.8 Å². The van der Waals surface area contributed by atoms with Gasteiger partial charge in [-0.05, 0) is 60.6 Å². The van der Waals surface area contributed by atoms with Crippen LogP contribution in [0, 0.1) is 18.2 Å². The first-order valence-electron chi connectivity index (χ1n) is 15.9. The monoisotopic (exact) mass is 627 g/mol. The Labute approximate surface area is 265 Å². The molecule has 1 fully saturated rings. The van der Waals surface area contributed by atoms with E-state index in [4.69, 9.17) is 4.74 Å². The topological polar surface area (TPSA) is 121 Å². The normalized spacial score (nSPS) is 19.2. The number of rotatable bonds is 6. The van der Waals surface area contributed by atoms with Crippen molar-refractivity contribution >= 4 is 23.1 Å². The highest BCUT2D eigenvalue weighted by atomic mass is 19.1. The van der Waals surface area contributed by atoms with Crippen LogP contribution < -0.4 is 15.8 Å². The molecule has 1 amide bonds. The molecule has 0 spiro atoms. The molecule has 3 aromatic heterocycles. The average Bonchev–Trinajstić information content (AvgIpc) is 3.62. The highest BCUT2D eigenvalue weighted by Gasteiger charge is 2.37. The number of aromatic nitrogens is 4. The molecule has 0 unspecified atom stereocenters. The van der Waals surface area contributed by atoms with Crippen molar-refractivity contribution in [3.63, 3.8) is 0 Å². The van der Waals surface area contributed by atoms with Crippen LogP contribution in [0.15, 0.2) is 35.1 Å². The lowest BCUT2D eigenvalue weighted by Gasteiger charge is -2.39. The van der Waals surface area contributed by atoms with E-state index in [0.29, 0.717) is 58.7 Å². The molecular weight excluding hydrogens is 589 g/mol. The molecule has 8 rings (SSSR count). The molecule has 46 heavy (non-hydrogen) atoms. The molecule has 1 aromatic carbocycles. The van der Waals surface area contributed by atoms with Gasteiger partial charge in [-0.2, -0.15) is 5.10 Å². The molecule has 11 nitrogen and oxygen atoms in total. The first kappa shape index (κ1) is 29.2. The minimum atomic E-state index is -0.538. The predicted molar refractivity (Wildman–Crippen MR) is 171 cm³/mol. The number of nitrogens with zero attached hydrogens (tertiary/aromatic N) is 5. The molecule has 0 saturated carbocycles.